The summed E-state index contributed by atoms with van der Waals surface area (Å²) in [5, 5.41) is 18.7. The maximum absolute atomic E-state index is 9.52. The summed E-state index contributed by atoms with van der Waals surface area (Å²) in [5.41, 5.74) is 1.81. The zero-order valence-electron chi connectivity index (χ0n) is 6.57. The minimum atomic E-state index is -0.411. The summed E-state index contributed by atoms with van der Waals surface area (Å²) in [6.45, 7) is 0. The summed E-state index contributed by atoms with van der Waals surface area (Å²) in [6, 6.07) is 5.02. The Balaban J connectivity index is 2.55. The number of phenolic OH excluding ortho intramolecular Hbond substituents is 1. The number of rotatable bonds is 0. The van der Waals surface area contributed by atoms with Crippen LogP contribution in [0.1, 0.15) is 23.7 Å². The van der Waals surface area contributed by atoms with Gasteiger partial charge in [0.15, 0.2) is 0 Å². The van der Waals surface area contributed by atoms with Crippen molar-refractivity contribution in [1.82, 2.24) is 0 Å². The fourth-order valence-corrected chi connectivity index (χ4v) is 1.46. The van der Waals surface area contributed by atoms with E-state index in [-0.39, 0.29) is 5.75 Å². The maximum atomic E-state index is 9.52. The molecule has 1 aliphatic rings. The molecule has 1 unspecified atom stereocenters. The molecule has 2 heteroatoms. The monoisotopic (exact) mass is 162 g/mol. The first-order valence-electron chi connectivity index (χ1n) is 3.95. The largest absolute Gasteiger partial charge is 0.508 e. The molecule has 0 aliphatic heterocycles. The first-order chi connectivity index (χ1) is 5.77. The Morgan fingerprint density at radius 2 is 2.17 bits per heavy atom. The van der Waals surface area contributed by atoms with E-state index < -0.39 is 6.10 Å². The summed E-state index contributed by atoms with van der Waals surface area (Å²) < 4.78 is 0. The van der Waals surface area contributed by atoms with Crippen LogP contribution in [0.4, 0.5) is 0 Å². The molecule has 0 radical (unpaired) electrons. The van der Waals surface area contributed by atoms with Crippen LogP contribution in [0.2, 0.25) is 0 Å². The van der Waals surface area contributed by atoms with Gasteiger partial charge in [-0.3, -0.25) is 0 Å². The average molecular weight is 162 g/mol. The van der Waals surface area contributed by atoms with Gasteiger partial charge in [-0.15, -0.1) is 0 Å². The summed E-state index contributed by atoms with van der Waals surface area (Å²) in [6.07, 6.45) is 4.08. The highest BCUT2D eigenvalue weighted by Gasteiger charge is 2.13. The topological polar surface area (TPSA) is 40.5 Å². The van der Waals surface area contributed by atoms with Gasteiger partial charge in [-0.05, 0) is 29.7 Å². The van der Waals surface area contributed by atoms with Gasteiger partial charge in [0.05, 0.1) is 6.10 Å². The third kappa shape index (κ3) is 1.10. The molecule has 2 nitrogen and oxygen atoms in total. The van der Waals surface area contributed by atoms with E-state index in [4.69, 9.17) is 5.11 Å². The lowest BCUT2D eigenvalue weighted by molar-refractivity contribution is 0.180. The van der Waals surface area contributed by atoms with Crippen molar-refractivity contribution < 1.29 is 10.2 Å². The quantitative estimate of drug-likeness (QED) is 0.611. The van der Waals surface area contributed by atoms with Gasteiger partial charge < -0.3 is 10.2 Å². The SMILES string of the molecule is Oc1ccc2c(c1)C=CCC2O. The molecule has 0 saturated heterocycles. The van der Waals surface area contributed by atoms with Gasteiger partial charge in [-0.2, -0.15) is 0 Å². The molecule has 12 heavy (non-hydrogen) atoms. The molecule has 0 fully saturated rings. The molecular weight excluding hydrogens is 152 g/mol. The number of benzene rings is 1. The molecule has 0 heterocycles. The predicted molar refractivity (Wildman–Crippen MR) is 46.7 cm³/mol. The zero-order chi connectivity index (χ0) is 8.55. The molecule has 1 aromatic carbocycles. The molecule has 1 aliphatic carbocycles. The van der Waals surface area contributed by atoms with E-state index in [1.54, 1.807) is 18.2 Å². The van der Waals surface area contributed by atoms with Gasteiger partial charge >= 0.3 is 0 Å². The Morgan fingerprint density at radius 3 is 3.00 bits per heavy atom. The lowest BCUT2D eigenvalue weighted by Crippen LogP contribution is -2.01. The fraction of sp³-hybridized carbons (Fsp3) is 0.200. The van der Waals surface area contributed by atoms with Crippen molar-refractivity contribution in [2.75, 3.05) is 0 Å². The molecule has 1 atom stereocenters. The van der Waals surface area contributed by atoms with Crippen LogP contribution in [0.25, 0.3) is 6.08 Å². The van der Waals surface area contributed by atoms with Gasteiger partial charge in [-0.25, -0.2) is 0 Å². The number of aliphatic hydroxyl groups is 1. The molecule has 62 valence electrons. The van der Waals surface area contributed by atoms with Crippen molar-refractivity contribution in [3.8, 4) is 5.75 Å². The Kier molecular flexibility index (Phi) is 1.62. The minimum absolute atomic E-state index is 0.243. The van der Waals surface area contributed by atoms with E-state index in [1.165, 1.54) is 0 Å². The number of phenols is 1. The maximum Gasteiger partial charge on any atom is 0.116 e. The number of hydrogen-bond donors (Lipinski definition) is 2. The van der Waals surface area contributed by atoms with Crippen molar-refractivity contribution in [3.63, 3.8) is 0 Å². The van der Waals surface area contributed by atoms with E-state index >= 15 is 0 Å². The molecule has 0 bridgehead atoms. The van der Waals surface area contributed by atoms with E-state index in [2.05, 4.69) is 0 Å². The number of aliphatic hydroxyl groups excluding tert-OH is 1. The molecule has 0 amide bonds. The van der Waals surface area contributed by atoms with E-state index in [0.29, 0.717) is 6.42 Å². The second-order valence-electron chi connectivity index (χ2n) is 2.97. The van der Waals surface area contributed by atoms with Crippen LogP contribution in [0, 0.1) is 0 Å². The molecule has 1 aromatic rings. The number of aromatic hydroxyl groups is 1. The van der Waals surface area contributed by atoms with Crippen LogP contribution in [0.3, 0.4) is 0 Å². The molecular formula is C10H10O2. The van der Waals surface area contributed by atoms with Crippen molar-refractivity contribution in [1.29, 1.82) is 0 Å². The van der Waals surface area contributed by atoms with E-state index in [1.807, 2.05) is 12.2 Å². The summed E-state index contributed by atoms with van der Waals surface area (Å²) >= 11 is 0. The molecule has 2 rings (SSSR count). The summed E-state index contributed by atoms with van der Waals surface area (Å²) in [4.78, 5) is 0. The van der Waals surface area contributed by atoms with Crippen molar-refractivity contribution in [2.24, 2.45) is 0 Å². The minimum Gasteiger partial charge on any atom is -0.508 e. The van der Waals surface area contributed by atoms with Crippen LogP contribution in [-0.2, 0) is 0 Å². The molecule has 2 N–H and O–H groups in total. The van der Waals surface area contributed by atoms with E-state index in [9.17, 15) is 5.11 Å². The van der Waals surface area contributed by atoms with Gasteiger partial charge in [0.25, 0.3) is 0 Å². The standard InChI is InChI=1S/C10H10O2/c11-8-4-5-9-7(6-8)2-1-3-10(9)12/h1-2,4-6,10-12H,3H2. The van der Waals surface area contributed by atoms with Crippen LogP contribution in [0.15, 0.2) is 24.3 Å². The highest BCUT2D eigenvalue weighted by Crippen LogP contribution is 2.29. The molecule has 0 saturated carbocycles. The highest BCUT2D eigenvalue weighted by molar-refractivity contribution is 5.59. The van der Waals surface area contributed by atoms with Gasteiger partial charge in [0.1, 0.15) is 5.75 Å². The number of hydrogen-bond acceptors (Lipinski definition) is 2. The van der Waals surface area contributed by atoms with Gasteiger partial charge in [0, 0.05) is 0 Å². The summed E-state index contributed by atoms with van der Waals surface area (Å²) in [7, 11) is 0. The van der Waals surface area contributed by atoms with Crippen LogP contribution >= 0.6 is 0 Å². The van der Waals surface area contributed by atoms with Gasteiger partial charge in [-0.1, -0.05) is 18.2 Å². The predicted octanol–water partition coefficient (Wildman–Crippen LogP) is 1.84. The lowest BCUT2D eigenvalue weighted by Gasteiger charge is -2.16. The van der Waals surface area contributed by atoms with E-state index in [0.717, 1.165) is 11.1 Å². The smallest absolute Gasteiger partial charge is 0.116 e. The second kappa shape index (κ2) is 2.64. The average Bonchev–Trinajstić information content (AvgIpc) is 2.04. The zero-order valence-corrected chi connectivity index (χ0v) is 6.57. The Morgan fingerprint density at radius 1 is 1.33 bits per heavy atom. The molecule has 0 aromatic heterocycles. The Hall–Kier alpha value is -1.28. The third-order valence-electron chi connectivity index (χ3n) is 2.09. The normalized spacial score (nSPS) is 20.6. The lowest BCUT2D eigenvalue weighted by atomic mass is 9.95. The summed E-state index contributed by atoms with van der Waals surface area (Å²) in [5.74, 6) is 0.243. The molecule has 0 spiro atoms. The van der Waals surface area contributed by atoms with Crippen LogP contribution < -0.4 is 0 Å². The van der Waals surface area contributed by atoms with Crippen LogP contribution in [0.5, 0.6) is 5.75 Å². The van der Waals surface area contributed by atoms with Crippen LogP contribution in [-0.4, -0.2) is 10.2 Å². The number of fused-ring (bicyclic) bond motifs is 1. The first-order valence-corrected chi connectivity index (χ1v) is 3.95. The van der Waals surface area contributed by atoms with Crippen molar-refractivity contribution in [2.45, 2.75) is 12.5 Å². The van der Waals surface area contributed by atoms with Crippen molar-refractivity contribution >= 4 is 6.08 Å². The fourth-order valence-electron chi connectivity index (χ4n) is 1.46. The van der Waals surface area contributed by atoms with Gasteiger partial charge in [0.2, 0.25) is 0 Å². The Labute approximate surface area is 70.8 Å². The van der Waals surface area contributed by atoms with Crippen molar-refractivity contribution in [3.05, 3.63) is 35.4 Å². The third-order valence-corrected chi connectivity index (χ3v) is 2.09. The Bertz CT molecular complexity index is 329. The first kappa shape index (κ1) is 7.37. The second-order valence-corrected chi connectivity index (χ2v) is 2.97. The highest BCUT2D eigenvalue weighted by atomic mass is 16.3.